The number of nitrogens with two attached hydrogens (primary N) is 1. The van der Waals surface area contributed by atoms with Crippen molar-refractivity contribution in [1.82, 2.24) is 10.2 Å². The third-order valence-electron chi connectivity index (χ3n) is 4.72. The highest BCUT2D eigenvalue weighted by atomic mass is 16.2. The summed E-state index contributed by atoms with van der Waals surface area (Å²) in [6.45, 7) is 3.39. The Morgan fingerprint density at radius 1 is 1.20 bits per heavy atom. The molecule has 1 saturated heterocycles. The van der Waals surface area contributed by atoms with Gasteiger partial charge < -0.3 is 11.1 Å². The maximum atomic E-state index is 11.0. The molecule has 2 amide bonds. The summed E-state index contributed by atoms with van der Waals surface area (Å²) in [5.74, 6) is 1.51. The van der Waals surface area contributed by atoms with Gasteiger partial charge in [-0.25, -0.2) is 4.79 Å². The molecule has 1 heterocycles. The van der Waals surface area contributed by atoms with Crippen LogP contribution in [0.5, 0.6) is 0 Å². The first kappa shape index (κ1) is 13.4. The van der Waals surface area contributed by atoms with Gasteiger partial charge in [0.1, 0.15) is 0 Å². The summed E-state index contributed by atoms with van der Waals surface area (Å²) in [7, 11) is 0. The number of amides is 2. The molecule has 1 saturated carbocycles. The molecule has 2 fully saturated rings. The number of rotatable bonds is 3. The number of carbonyl (C=O) groups is 1. The number of urea groups is 1. The van der Waals surface area contributed by atoms with Gasteiger partial charge in [-0.2, -0.15) is 0 Å². The van der Waals surface area contributed by atoms with Gasteiger partial charge in [0.15, 0.2) is 0 Å². The van der Waals surface area contributed by atoms with E-state index in [9.17, 15) is 4.79 Å². The molecule has 1 aliphatic carbocycles. The standard InChI is InChI=1S/C16H23N3O/c17-16(20)18-15-7-6-13-10-19(11-14(13)8-15)9-12-4-2-1-3-5-12/h1-5,13-15H,6-11H2,(H3,17,18,20)/t13-,14+,15?/m1/s1. The zero-order valence-electron chi connectivity index (χ0n) is 11.8. The Morgan fingerprint density at radius 2 is 1.95 bits per heavy atom. The van der Waals surface area contributed by atoms with E-state index in [1.54, 1.807) is 0 Å². The predicted octanol–water partition coefficient (Wildman–Crippen LogP) is 1.96. The Kier molecular flexibility index (Phi) is 3.92. The molecule has 3 N–H and O–H groups in total. The van der Waals surface area contributed by atoms with Gasteiger partial charge in [0.2, 0.25) is 0 Å². The first-order chi connectivity index (χ1) is 9.70. The van der Waals surface area contributed by atoms with E-state index in [2.05, 4.69) is 40.5 Å². The number of fused-ring (bicyclic) bond motifs is 1. The molecule has 0 radical (unpaired) electrons. The number of nitrogens with zero attached hydrogens (tertiary/aromatic N) is 1. The molecule has 4 nitrogen and oxygen atoms in total. The third-order valence-corrected chi connectivity index (χ3v) is 4.72. The Bertz CT molecular complexity index is 462. The van der Waals surface area contributed by atoms with E-state index in [1.807, 2.05) is 0 Å². The molecule has 20 heavy (non-hydrogen) atoms. The highest BCUT2D eigenvalue weighted by Gasteiger charge is 2.37. The number of hydrogen-bond acceptors (Lipinski definition) is 2. The molecule has 1 aromatic rings. The van der Waals surface area contributed by atoms with Crippen molar-refractivity contribution in [2.75, 3.05) is 13.1 Å². The van der Waals surface area contributed by atoms with Gasteiger partial charge in [-0.15, -0.1) is 0 Å². The quantitative estimate of drug-likeness (QED) is 0.884. The van der Waals surface area contributed by atoms with E-state index in [4.69, 9.17) is 5.73 Å². The molecular weight excluding hydrogens is 250 g/mol. The van der Waals surface area contributed by atoms with Crippen LogP contribution >= 0.6 is 0 Å². The molecule has 1 aliphatic heterocycles. The van der Waals surface area contributed by atoms with Crippen molar-refractivity contribution in [1.29, 1.82) is 0 Å². The lowest BCUT2D eigenvalue weighted by molar-refractivity contribution is 0.221. The van der Waals surface area contributed by atoms with Crippen LogP contribution in [0.4, 0.5) is 4.79 Å². The molecule has 0 spiro atoms. The van der Waals surface area contributed by atoms with Gasteiger partial charge in [0.25, 0.3) is 0 Å². The smallest absolute Gasteiger partial charge is 0.312 e. The van der Waals surface area contributed by atoms with Crippen LogP contribution in [-0.2, 0) is 6.54 Å². The van der Waals surface area contributed by atoms with Gasteiger partial charge >= 0.3 is 6.03 Å². The molecule has 0 aromatic heterocycles. The van der Waals surface area contributed by atoms with Crippen molar-refractivity contribution in [3.8, 4) is 0 Å². The second kappa shape index (κ2) is 5.83. The lowest BCUT2D eigenvalue weighted by atomic mass is 9.79. The number of hydrogen-bond donors (Lipinski definition) is 2. The zero-order valence-corrected chi connectivity index (χ0v) is 11.8. The van der Waals surface area contributed by atoms with Gasteiger partial charge in [0, 0.05) is 25.7 Å². The van der Waals surface area contributed by atoms with E-state index < -0.39 is 0 Å². The average Bonchev–Trinajstić information content (AvgIpc) is 2.80. The second-order valence-electron chi connectivity index (χ2n) is 6.22. The monoisotopic (exact) mass is 273 g/mol. The molecule has 4 heteroatoms. The summed E-state index contributed by atoms with van der Waals surface area (Å²) in [6, 6.07) is 10.6. The van der Waals surface area contributed by atoms with Crippen molar-refractivity contribution >= 4 is 6.03 Å². The number of primary amides is 1. The molecular formula is C16H23N3O. The van der Waals surface area contributed by atoms with Crippen molar-refractivity contribution in [3.63, 3.8) is 0 Å². The highest BCUT2D eigenvalue weighted by molar-refractivity contribution is 5.71. The Balaban J connectivity index is 1.55. The minimum absolute atomic E-state index is 0.283. The maximum Gasteiger partial charge on any atom is 0.312 e. The van der Waals surface area contributed by atoms with Gasteiger partial charge in [-0.05, 0) is 36.7 Å². The molecule has 1 aromatic carbocycles. The van der Waals surface area contributed by atoms with Crippen LogP contribution in [0.25, 0.3) is 0 Å². The van der Waals surface area contributed by atoms with Crippen LogP contribution in [0.3, 0.4) is 0 Å². The fourth-order valence-electron chi connectivity index (χ4n) is 3.83. The van der Waals surface area contributed by atoms with Crippen LogP contribution in [0, 0.1) is 11.8 Å². The van der Waals surface area contributed by atoms with Gasteiger partial charge in [0.05, 0.1) is 0 Å². The summed E-state index contributed by atoms with van der Waals surface area (Å²) in [5, 5.41) is 2.88. The van der Waals surface area contributed by atoms with E-state index in [0.29, 0.717) is 5.92 Å². The first-order valence-electron chi connectivity index (χ1n) is 7.53. The van der Waals surface area contributed by atoms with Crippen molar-refractivity contribution in [2.45, 2.75) is 31.8 Å². The van der Waals surface area contributed by atoms with Crippen LogP contribution < -0.4 is 11.1 Å². The topological polar surface area (TPSA) is 58.4 Å². The zero-order chi connectivity index (χ0) is 13.9. The molecule has 3 atom stereocenters. The van der Waals surface area contributed by atoms with E-state index in [1.165, 1.54) is 18.5 Å². The van der Waals surface area contributed by atoms with Crippen LogP contribution in [0.15, 0.2) is 30.3 Å². The fraction of sp³-hybridized carbons (Fsp3) is 0.562. The van der Waals surface area contributed by atoms with Gasteiger partial charge in [-0.3, -0.25) is 4.90 Å². The van der Waals surface area contributed by atoms with Crippen molar-refractivity contribution in [2.24, 2.45) is 17.6 Å². The maximum absolute atomic E-state index is 11.0. The summed E-state index contributed by atoms with van der Waals surface area (Å²) in [4.78, 5) is 13.5. The average molecular weight is 273 g/mol. The highest BCUT2D eigenvalue weighted by Crippen LogP contribution is 2.36. The third kappa shape index (κ3) is 3.12. The molecule has 0 bridgehead atoms. The summed E-state index contributed by atoms with van der Waals surface area (Å²) >= 11 is 0. The molecule has 2 aliphatic rings. The minimum atomic E-state index is -0.382. The van der Waals surface area contributed by atoms with Gasteiger partial charge in [-0.1, -0.05) is 30.3 Å². The number of likely N-dealkylation sites (tertiary alicyclic amines) is 1. The minimum Gasteiger partial charge on any atom is -0.352 e. The Labute approximate surface area is 120 Å². The first-order valence-corrected chi connectivity index (χ1v) is 7.53. The summed E-state index contributed by atoms with van der Waals surface area (Å²) < 4.78 is 0. The largest absolute Gasteiger partial charge is 0.352 e. The number of nitrogens with one attached hydrogen (secondary N) is 1. The fourth-order valence-corrected chi connectivity index (χ4v) is 3.83. The second-order valence-corrected chi connectivity index (χ2v) is 6.22. The van der Waals surface area contributed by atoms with E-state index in [0.717, 1.165) is 31.8 Å². The lowest BCUT2D eigenvalue weighted by Crippen LogP contribution is -2.43. The Hall–Kier alpha value is -1.55. The summed E-state index contributed by atoms with van der Waals surface area (Å²) in [5.41, 5.74) is 6.62. The SMILES string of the molecule is NC(=O)NC1CC[C@@H]2CN(Cc3ccccc3)C[C@@H]2C1. The Morgan fingerprint density at radius 3 is 2.70 bits per heavy atom. The van der Waals surface area contributed by atoms with E-state index >= 15 is 0 Å². The number of carbonyl (C=O) groups excluding carboxylic acids is 1. The molecule has 3 rings (SSSR count). The van der Waals surface area contributed by atoms with Crippen molar-refractivity contribution in [3.05, 3.63) is 35.9 Å². The molecule has 1 unspecified atom stereocenters. The van der Waals surface area contributed by atoms with Crippen LogP contribution in [0.2, 0.25) is 0 Å². The van der Waals surface area contributed by atoms with E-state index in [-0.39, 0.29) is 12.1 Å². The van der Waals surface area contributed by atoms with Crippen LogP contribution in [0.1, 0.15) is 24.8 Å². The normalized spacial score (nSPS) is 29.9. The van der Waals surface area contributed by atoms with Crippen LogP contribution in [-0.4, -0.2) is 30.1 Å². The number of benzene rings is 1. The lowest BCUT2D eigenvalue weighted by Gasteiger charge is -2.30. The predicted molar refractivity (Wildman–Crippen MR) is 79.1 cm³/mol. The van der Waals surface area contributed by atoms with Crippen molar-refractivity contribution < 1.29 is 4.79 Å². The summed E-state index contributed by atoms with van der Waals surface area (Å²) in [6.07, 6.45) is 3.36. The molecule has 108 valence electrons.